The average Bonchev–Trinajstić information content (AvgIpc) is 2.98. The van der Waals surface area contributed by atoms with Crippen molar-refractivity contribution < 1.29 is 31.1 Å². The van der Waals surface area contributed by atoms with Crippen molar-refractivity contribution in [1.82, 2.24) is 4.72 Å². The summed E-state index contributed by atoms with van der Waals surface area (Å²) < 4.78 is 68.0. The van der Waals surface area contributed by atoms with E-state index < -0.39 is 27.9 Å². The number of aliphatic hydroxyl groups excluding tert-OH is 1. The van der Waals surface area contributed by atoms with Crippen LogP contribution in [0.3, 0.4) is 0 Å². The fraction of sp³-hybridized carbons (Fsp3) is 0.231. The first-order valence-corrected chi connectivity index (χ1v) is 7.55. The molecule has 120 valence electrons. The van der Waals surface area contributed by atoms with Crippen LogP contribution in [0.25, 0.3) is 0 Å². The van der Waals surface area contributed by atoms with Crippen LogP contribution in [0.5, 0.6) is 0 Å². The van der Waals surface area contributed by atoms with E-state index in [1.165, 1.54) is 18.6 Å². The summed E-state index contributed by atoms with van der Waals surface area (Å²) in [4.78, 5) is -0.320. The number of alkyl halides is 3. The number of hydrogen-bond acceptors (Lipinski definition) is 4. The van der Waals surface area contributed by atoms with Gasteiger partial charge in [-0.1, -0.05) is 0 Å². The first-order valence-electron chi connectivity index (χ1n) is 6.07. The molecule has 0 aliphatic heterocycles. The molecule has 0 unspecified atom stereocenters. The van der Waals surface area contributed by atoms with E-state index in [1.54, 1.807) is 0 Å². The quantitative estimate of drug-likeness (QED) is 0.879. The highest BCUT2D eigenvalue weighted by atomic mass is 32.2. The van der Waals surface area contributed by atoms with Crippen molar-refractivity contribution in [3.05, 3.63) is 54.0 Å². The molecule has 1 aromatic heterocycles. The third-order valence-corrected chi connectivity index (χ3v) is 4.33. The maximum atomic E-state index is 12.4. The van der Waals surface area contributed by atoms with Gasteiger partial charge in [0.25, 0.3) is 0 Å². The second-order valence-corrected chi connectivity index (χ2v) is 6.21. The Morgan fingerprint density at radius 3 is 2.32 bits per heavy atom. The van der Waals surface area contributed by atoms with Crippen LogP contribution >= 0.6 is 0 Å². The van der Waals surface area contributed by atoms with E-state index in [-0.39, 0.29) is 11.4 Å². The van der Waals surface area contributed by atoms with Crippen molar-refractivity contribution in [1.29, 1.82) is 0 Å². The zero-order valence-corrected chi connectivity index (χ0v) is 11.9. The Balaban J connectivity index is 2.07. The summed E-state index contributed by atoms with van der Waals surface area (Å²) in [5.41, 5.74) is -0.556. The molecule has 1 atom stereocenters. The van der Waals surface area contributed by atoms with E-state index in [0.717, 1.165) is 12.1 Å². The van der Waals surface area contributed by atoms with Crippen LogP contribution in [0.15, 0.2) is 52.2 Å². The molecule has 0 amide bonds. The first-order chi connectivity index (χ1) is 10.2. The van der Waals surface area contributed by atoms with Crippen molar-refractivity contribution >= 4 is 10.0 Å². The number of halogens is 3. The standard InChI is InChI=1S/C13H12F3NO4S/c14-13(15,16)10-1-3-11(4-2-10)22(19,20)17-7-12(18)9-5-6-21-8-9/h1-6,8,12,17-18H,7H2/t12-/m1/s1. The zero-order valence-electron chi connectivity index (χ0n) is 11.0. The minimum Gasteiger partial charge on any atom is -0.472 e. The summed E-state index contributed by atoms with van der Waals surface area (Å²) >= 11 is 0. The lowest BCUT2D eigenvalue weighted by Crippen LogP contribution is -2.28. The van der Waals surface area contributed by atoms with Gasteiger partial charge in [0.15, 0.2) is 0 Å². The summed E-state index contributed by atoms with van der Waals surface area (Å²) in [6.45, 7) is -0.330. The molecule has 0 aliphatic rings. The normalized spacial score (nSPS) is 14.0. The van der Waals surface area contributed by atoms with Gasteiger partial charge in [0.05, 0.1) is 29.1 Å². The molecule has 2 aromatic rings. The lowest BCUT2D eigenvalue weighted by Gasteiger charge is -2.12. The van der Waals surface area contributed by atoms with E-state index in [0.29, 0.717) is 17.7 Å². The van der Waals surface area contributed by atoms with Crippen LogP contribution < -0.4 is 4.72 Å². The summed E-state index contributed by atoms with van der Waals surface area (Å²) in [6, 6.07) is 4.55. The molecule has 9 heteroatoms. The largest absolute Gasteiger partial charge is 0.472 e. The van der Waals surface area contributed by atoms with Crippen molar-refractivity contribution in [2.24, 2.45) is 0 Å². The third-order valence-electron chi connectivity index (χ3n) is 2.89. The van der Waals surface area contributed by atoms with Crippen molar-refractivity contribution in [3.63, 3.8) is 0 Å². The summed E-state index contributed by atoms with van der Waals surface area (Å²) in [5.74, 6) is 0. The Bertz CT molecular complexity index is 709. The Labute approximate surface area is 124 Å². The third kappa shape index (κ3) is 3.87. The SMILES string of the molecule is O=S(=O)(NC[C@@H](O)c1ccoc1)c1ccc(C(F)(F)F)cc1. The van der Waals surface area contributed by atoms with Gasteiger partial charge in [-0.3, -0.25) is 0 Å². The van der Waals surface area contributed by atoms with Crippen LogP contribution in [-0.2, 0) is 16.2 Å². The summed E-state index contributed by atoms with van der Waals surface area (Å²) in [6.07, 6.45) is -3.07. The van der Waals surface area contributed by atoms with E-state index >= 15 is 0 Å². The highest BCUT2D eigenvalue weighted by Crippen LogP contribution is 2.29. The van der Waals surface area contributed by atoms with E-state index in [1.807, 2.05) is 0 Å². The number of nitrogens with one attached hydrogen (secondary N) is 1. The summed E-state index contributed by atoms with van der Waals surface area (Å²) in [5, 5.41) is 9.73. The monoisotopic (exact) mass is 335 g/mol. The highest BCUT2D eigenvalue weighted by molar-refractivity contribution is 7.89. The number of hydrogen-bond donors (Lipinski definition) is 2. The first kappa shape index (κ1) is 16.5. The summed E-state index contributed by atoms with van der Waals surface area (Å²) in [7, 11) is -4.02. The van der Waals surface area contributed by atoms with Gasteiger partial charge in [-0.25, -0.2) is 13.1 Å². The molecule has 1 aromatic carbocycles. The van der Waals surface area contributed by atoms with Crippen molar-refractivity contribution in [2.45, 2.75) is 17.2 Å². The average molecular weight is 335 g/mol. The Hall–Kier alpha value is -1.84. The second-order valence-electron chi connectivity index (χ2n) is 4.45. The van der Waals surface area contributed by atoms with E-state index in [9.17, 15) is 26.7 Å². The molecule has 2 N–H and O–H groups in total. The highest BCUT2D eigenvalue weighted by Gasteiger charge is 2.30. The molecule has 22 heavy (non-hydrogen) atoms. The lowest BCUT2D eigenvalue weighted by atomic mass is 10.2. The molecule has 0 saturated carbocycles. The van der Waals surface area contributed by atoms with Gasteiger partial charge in [0.1, 0.15) is 0 Å². The van der Waals surface area contributed by atoms with Gasteiger partial charge < -0.3 is 9.52 Å². The maximum absolute atomic E-state index is 12.4. The van der Waals surface area contributed by atoms with Crippen molar-refractivity contribution in [2.75, 3.05) is 6.54 Å². The van der Waals surface area contributed by atoms with Gasteiger partial charge in [-0.15, -0.1) is 0 Å². The molecule has 0 bridgehead atoms. The van der Waals surface area contributed by atoms with Crippen LogP contribution in [0.1, 0.15) is 17.2 Å². The molecule has 2 rings (SSSR count). The number of benzene rings is 1. The molecular formula is C13H12F3NO4S. The van der Waals surface area contributed by atoms with Crippen LogP contribution in [-0.4, -0.2) is 20.1 Å². The lowest BCUT2D eigenvalue weighted by molar-refractivity contribution is -0.137. The van der Waals surface area contributed by atoms with Gasteiger partial charge in [-0.2, -0.15) is 13.2 Å². The fourth-order valence-electron chi connectivity index (χ4n) is 1.68. The Morgan fingerprint density at radius 2 is 1.82 bits per heavy atom. The van der Waals surface area contributed by atoms with Gasteiger partial charge in [0, 0.05) is 12.1 Å². The molecule has 0 radical (unpaired) electrons. The number of rotatable bonds is 5. The van der Waals surface area contributed by atoms with Gasteiger partial charge >= 0.3 is 6.18 Å². The van der Waals surface area contributed by atoms with E-state index in [4.69, 9.17) is 4.42 Å². The molecule has 1 heterocycles. The number of aliphatic hydroxyl groups is 1. The minimum absolute atomic E-state index is 0.320. The Morgan fingerprint density at radius 1 is 1.18 bits per heavy atom. The smallest absolute Gasteiger partial charge is 0.416 e. The molecule has 0 spiro atoms. The van der Waals surface area contributed by atoms with Crippen LogP contribution in [0.2, 0.25) is 0 Å². The number of furan rings is 1. The second kappa shape index (κ2) is 6.11. The predicted octanol–water partition coefficient (Wildman–Crippen LogP) is 2.31. The topological polar surface area (TPSA) is 79.5 Å². The van der Waals surface area contributed by atoms with E-state index in [2.05, 4.69) is 4.72 Å². The molecular weight excluding hydrogens is 323 g/mol. The minimum atomic E-state index is -4.53. The van der Waals surface area contributed by atoms with Crippen LogP contribution in [0.4, 0.5) is 13.2 Å². The molecule has 5 nitrogen and oxygen atoms in total. The van der Waals surface area contributed by atoms with Crippen LogP contribution in [0, 0.1) is 0 Å². The van der Waals surface area contributed by atoms with Gasteiger partial charge in [-0.05, 0) is 30.3 Å². The van der Waals surface area contributed by atoms with Crippen molar-refractivity contribution in [3.8, 4) is 0 Å². The molecule has 0 fully saturated rings. The number of sulfonamides is 1. The fourth-order valence-corrected chi connectivity index (χ4v) is 2.72. The zero-order chi connectivity index (χ0) is 16.4. The Kier molecular flexibility index (Phi) is 4.59. The van der Waals surface area contributed by atoms with Gasteiger partial charge in [0.2, 0.25) is 10.0 Å². The molecule has 0 saturated heterocycles. The predicted molar refractivity (Wildman–Crippen MR) is 70.3 cm³/mol. The maximum Gasteiger partial charge on any atom is 0.416 e. The molecule has 0 aliphatic carbocycles.